The number of phosphoric ester groups is 1. The third-order valence-corrected chi connectivity index (χ3v) is 3.63. The van der Waals surface area contributed by atoms with Crippen LogP contribution in [-0.4, -0.2) is 18.8 Å². The summed E-state index contributed by atoms with van der Waals surface area (Å²) < 4.78 is 27.2. The maximum Gasteiger partial charge on any atom is 0.476 e. The molecule has 0 rings (SSSR count). The van der Waals surface area contributed by atoms with E-state index < -0.39 is 13.4 Å². The quantitative estimate of drug-likeness (QED) is 0.617. The van der Waals surface area contributed by atoms with Crippen molar-refractivity contribution in [3.8, 4) is 6.07 Å². The van der Waals surface area contributed by atoms with E-state index in [2.05, 4.69) is 0 Å². The van der Waals surface area contributed by atoms with Crippen molar-refractivity contribution in [2.75, 3.05) is 13.2 Å². The SMILES string of the molecule is CCCC(C)(C#N)OP(=O)(OCC)OCC. The lowest BCUT2D eigenvalue weighted by Crippen LogP contribution is -2.26. The Balaban J connectivity index is 4.72. The summed E-state index contributed by atoms with van der Waals surface area (Å²) >= 11 is 0. The molecule has 0 saturated heterocycles. The second kappa shape index (κ2) is 7.03. The van der Waals surface area contributed by atoms with Gasteiger partial charge in [-0.3, -0.25) is 13.6 Å². The lowest BCUT2D eigenvalue weighted by atomic mass is 10.0. The fourth-order valence-electron chi connectivity index (χ4n) is 1.25. The minimum absolute atomic E-state index is 0.213. The number of rotatable bonds is 8. The van der Waals surface area contributed by atoms with Gasteiger partial charge in [-0.15, -0.1) is 0 Å². The third-order valence-electron chi connectivity index (χ3n) is 1.85. The minimum atomic E-state index is -3.61. The predicted octanol–water partition coefficient (Wildman–Crippen LogP) is 3.27. The smallest absolute Gasteiger partial charge is 0.287 e. The molecule has 16 heavy (non-hydrogen) atoms. The Morgan fingerprint density at radius 1 is 1.25 bits per heavy atom. The van der Waals surface area contributed by atoms with Crippen LogP contribution in [0.2, 0.25) is 0 Å². The first-order chi connectivity index (χ1) is 7.45. The molecule has 0 spiro atoms. The van der Waals surface area contributed by atoms with Crippen LogP contribution in [0.3, 0.4) is 0 Å². The van der Waals surface area contributed by atoms with Crippen molar-refractivity contribution in [1.82, 2.24) is 0 Å². The highest BCUT2D eigenvalue weighted by molar-refractivity contribution is 7.48. The molecule has 0 saturated carbocycles. The van der Waals surface area contributed by atoms with Gasteiger partial charge in [-0.05, 0) is 27.2 Å². The van der Waals surface area contributed by atoms with Gasteiger partial charge in [-0.2, -0.15) is 5.26 Å². The summed E-state index contributed by atoms with van der Waals surface area (Å²) in [5, 5.41) is 9.01. The average Bonchev–Trinajstić information content (AvgIpc) is 2.18. The Labute approximate surface area is 97.3 Å². The highest BCUT2D eigenvalue weighted by atomic mass is 31.2. The molecule has 0 fully saturated rings. The molecule has 5 nitrogen and oxygen atoms in total. The molecule has 0 aromatic carbocycles. The third kappa shape index (κ3) is 5.09. The summed E-state index contributed by atoms with van der Waals surface area (Å²) in [5.41, 5.74) is -1.13. The number of nitrogens with zero attached hydrogens (tertiary/aromatic N) is 1. The molecule has 0 heterocycles. The summed E-state index contributed by atoms with van der Waals surface area (Å²) in [6, 6.07) is 2.00. The van der Waals surface area contributed by atoms with E-state index in [1.807, 2.05) is 13.0 Å². The molecule has 0 aliphatic heterocycles. The van der Waals surface area contributed by atoms with Crippen molar-refractivity contribution in [1.29, 1.82) is 5.26 Å². The molecule has 0 aromatic rings. The second-order valence-electron chi connectivity index (χ2n) is 3.47. The highest BCUT2D eigenvalue weighted by Crippen LogP contribution is 2.53. The molecule has 94 valence electrons. The molecule has 1 unspecified atom stereocenters. The lowest BCUT2D eigenvalue weighted by Gasteiger charge is -2.26. The van der Waals surface area contributed by atoms with Gasteiger partial charge in [0.05, 0.1) is 19.3 Å². The molecule has 0 amide bonds. The maximum atomic E-state index is 12.0. The zero-order valence-corrected chi connectivity index (χ0v) is 11.3. The number of nitriles is 1. The lowest BCUT2D eigenvalue weighted by molar-refractivity contribution is 0.0519. The van der Waals surface area contributed by atoms with Crippen LogP contribution < -0.4 is 0 Å². The largest absolute Gasteiger partial charge is 0.476 e. The van der Waals surface area contributed by atoms with Gasteiger partial charge in [0, 0.05) is 0 Å². The standard InChI is InChI=1S/C10H20NO4P/c1-5-8-10(4,9-11)15-16(12,13-6-2)14-7-3/h5-8H2,1-4H3. The van der Waals surface area contributed by atoms with Gasteiger partial charge in [0.1, 0.15) is 0 Å². The van der Waals surface area contributed by atoms with Gasteiger partial charge in [0.15, 0.2) is 5.60 Å². The summed E-state index contributed by atoms with van der Waals surface area (Å²) in [6.07, 6.45) is 1.23. The average molecular weight is 249 g/mol. The van der Waals surface area contributed by atoms with Crippen LogP contribution >= 0.6 is 7.82 Å². The van der Waals surface area contributed by atoms with Gasteiger partial charge < -0.3 is 0 Å². The molecule has 0 aliphatic carbocycles. The Hall–Kier alpha value is -0.400. The summed E-state index contributed by atoms with van der Waals surface area (Å²) in [6.45, 7) is 7.32. The first-order valence-electron chi connectivity index (χ1n) is 5.46. The normalized spacial score (nSPS) is 15.4. The van der Waals surface area contributed by atoms with Gasteiger partial charge in [0.25, 0.3) is 0 Å². The topological polar surface area (TPSA) is 68.5 Å². The first-order valence-corrected chi connectivity index (χ1v) is 6.92. The van der Waals surface area contributed by atoms with Gasteiger partial charge >= 0.3 is 7.82 Å². The number of hydrogen-bond donors (Lipinski definition) is 0. The van der Waals surface area contributed by atoms with E-state index in [-0.39, 0.29) is 13.2 Å². The van der Waals surface area contributed by atoms with Crippen molar-refractivity contribution >= 4 is 7.82 Å². The predicted molar refractivity (Wildman–Crippen MR) is 60.9 cm³/mol. The Kier molecular flexibility index (Phi) is 6.85. The molecule has 0 bridgehead atoms. The van der Waals surface area contributed by atoms with Crippen LogP contribution in [0.4, 0.5) is 0 Å². The Morgan fingerprint density at radius 2 is 1.75 bits per heavy atom. The summed E-state index contributed by atoms with van der Waals surface area (Å²) in [7, 11) is -3.61. The fraction of sp³-hybridized carbons (Fsp3) is 0.900. The molecule has 0 aliphatic rings. The van der Waals surface area contributed by atoms with Crippen molar-refractivity contribution in [2.24, 2.45) is 0 Å². The Bertz CT molecular complexity index is 279. The minimum Gasteiger partial charge on any atom is -0.287 e. The monoisotopic (exact) mass is 249 g/mol. The van der Waals surface area contributed by atoms with Crippen LogP contribution in [0.1, 0.15) is 40.5 Å². The van der Waals surface area contributed by atoms with Crippen molar-refractivity contribution < 1.29 is 18.1 Å². The molecule has 0 aromatic heterocycles. The van der Waals surface area contributed by atoms with Crippen LogP contribution in [-0.2, 0) is 18.1 Å². The van der Waals surface area contributed by atoms with E-state index in [0.717, 1.165) is 6.42 Å². The van der Waals surface area contributed by atoms with Gasteiger partial charge in [0.2, 0.25) is 0 Å². The summed E-state index contributed by atoms with van der Waals surface area (Å²) in [5.74, 6) is 0. The number of hydrogen-bond acceptors (Lipinski definition) is 5. The molecule has 0 radical (unpaired) electrons. The van der Waals surface area contributed by atoms with Crippen LogP contribution in [0.15, 0.2) is 0 Å². The van der Waals surface area contributed by atoms with Gasteiger partial charge in [-0.25, -0.2) is 4.57 Å². The first kappa shape index (κ1) is 15.6. The van der Waals surface area contributed by atoms with Gasteiger partial charge in [-0.1, -0.05) is 13.3 Å². The molecule has 0 N–H and O–H groups in total. The molecule has 6 heteroatoms. The van der Waals surface area contributed by atoms with E-state index in [0.29, 0.717) is 6.42 Å². The van der Waals surface area contributed by atoms with E-state index in [1.165, 1.54) is 0 Å². The van der Waals surface area contributed by atoms with Crippen molar-refractivity contribution in [3.05, 3.63) is 0 Å². The van der Waals surface area contributed by atoms with Crippen LogP contribution in [0.25, 0.3) is 0 Å². The Morgan fingerprint density at radius 3 is 2.06 bits per heavy atom. The molecular weight excluding hydrogens is 229 g/mol. The van der Waals surface area contributed by atoms with E-state index in [4.69, 9.17) is 18.8 Å². The maximum absolute atomic E-state index is 12.0. The van der Waals surface area contributed by atoms with E-state index in [1.54, 1.807) is 20.8 Å². The fourth-order valence-corrected chi connectivity index (χ4v) is 2.69. The van der Waals surface area contributed by atoms with Crippen LogP contribution in [0, 0.1) is 11.3 Å². The number of phosphoric acid groups is 1. The second-order valence-corrected chi connectivity index (χ2v) is 5.06. The van der Waals surface area contributed by atoms with Crippen molar-refractivity contribution in [2.45, 2.75) is 46.1 Å². The zero-order chi connectivity index (χ0) is 12.7. The van der Waals surface area contributed by atoms with Crippen molar-refractivity contribution in [3.63, 3.8) is 0 Å². The van der Waals surface area contributed by atoms with E-state index >= 15 is 0 Å². The molecular formula is C10H20NO4P. The van der Waals surface area contributed by atoms with Crippen LogP contribution in [0.5, 0.6) is 0 Å². The summed E-state index contributed by atoms with van der Waals surface area (Å²) in [4.78, 5) is 0. The highest BCUT2D eigenvalue weighted by Gasteiger charge is 2.37. The zero-order valence-electron chi connectivity index (χ0n) is 10.4. The van der Waals surface area contributed by atoms with E-state index in [9.17, 15) is 4.57 Å². The molecule has 1 atom stereocenters.